The van der Waals surface area contributed by atoms with Crippen molar-refractivity contribution in [2.24, 2.45) is 0 Å². The molecule has 0 radical (unpaired) electrons. The van der Waals surface area contributed by atoms with Crippen molar-refractivity contribution in [3.05, 3.63) is 71.7 Å². The van der Waals surface area contributed by atoms with Crippen LogP contribution in [0.3, 0.4) is 0 Å². The van der Waals surface area contributed by atoms with E-state index in [0.717, 1.165) is 35.1 Å². The highest BCUT2D eigenvalue weighted by atomic mass is 16.3. The molecule has 1 aromatic carbocycles. The van der Waals surface area contributed by atoms with Crippen molar-refractivity contribution in [2.45, 2.75) is 20.4 Å². The van der Waals surface area contributed by atoms with E-state index in [1.165, 1.54) is 0 Å². The SMILES string of the molecule is CCN1/C(=C(\C#N)c2nc(NCc3ccco3)ncc2C)Nc2ccccc21. The first-order valence-electron chi connectivity index (χ1n) is 9.09. The number of aryl methyl sites for hydroxylation is 1. The Labute approximate surface area is 163 Å². The van der Waals surface area contributed by atoms with Gasteiger partial charge < -0.3 is 20.0 Å². The van der Waals surface area contributed by atoms with Crippen molar-refractivity contribution in [2.75, 3.05) is 22.1 Å². The smallest absolute Gasteiger partial charge is 0.223 e. The summed E-state index contributed by atoms with van der Waals surface area (Å²) in [7, 11) is 0. The Morgan fingerprint density at radius 2 is 2.14 bits per heavy atom. The number of para-hydroxylation sites is 2. The largest absolute Gasteiger partial charge is 0.467 e. The van der Waals surface area contributed by atoms with E-state index in [2.05, 4.69) is 38.5 Å². The Morgan fingerprint density at radius 3 is 2.89 bits per heavy atom. The number of fused-ring (bicyclic) bond motifs is 1. The molecule has 3 heterocycles. The second kappa shape index (κ2) is 7.45. The van der Waals surface area contributed by atoms with E-state index in [0.29, 0.717) is 23.8 Å². The number of anilines is 3. The molecule has 140 valence electrons. The summed E-state index contributed by atoms with van der Waals surface area (Å²) in [5.41, 5.74) is 3.96. The number of furan rings is 1. The number of hydrogen-bond donors (Lipinski definition) is 2. The summed E-state index contributed by atoms with van der Waals surface area (Å²) in [6, 6.07) is 14.1. The molecule has 2 N–H and O–H groups in total. The lowest BCUT2D eigenvalue weighted by atomic mass is 10.1. The van der Waals surface area contributed by atoms with Crippen molar-refractivity contribution in [1.82, 2.24) is 9.97 Å². The van der Waals surface area contributed by atoms with Gasteiger partial charge in [0.2, 0.25) is 5.95 Å². The van der Waals surface area contributed by atoms with E-state index in [4.69, 9.17) is 4.42 Å². The summed E-state index contributed by atoms with van der Waals surface area (Å²) >= 11 is 0. The molecule has 2 aromatic heterocycles. The molecule has 7 heteroatoms. The highest BCUT2D eigenvalue weighted by Crippen LogP contribution is 2.38. The summed E-state index contributed by atoms with van der Waals surface area (Å²) in [6.07, 6.45) is 3.35. The standard InChI is InChI=1S/C21H20N6O/c1-3-27-18-9-5-4-8-17(18)25-20(27)16(11-22)19-14(2)12-23-21(26-19)24-13-15-7-6-10-28-15/h4-10,12,25H,3,13H2,1-2H3,(H,23,24,26)/b20-16+. The first-order chi connectivity index (χ1) is 13.7. The molecule has 0 aliphatic carbocycles. The number of hydrogen-bond acceptors (Lipinski definition) is 7. The number of allylic oxidation sites excluding steroid dienone is 1. The van der Waals surface area contributed by atoms with Gasteiger partial charge in [-0.05, 0) is 43.7 Å². The fourth-order valence-electron chi connectivity index (χ4n) is 3.23. The van der Waals surface area contributed by atoms with Crippen LogP contribution in [0.15, 0.2) is 59.1 Å². The number of nitrogens with zero attached hydrogens (tertiary/aromatic N) is 4. The van der Waals surface area contributed by atoms with Gasteiger partial charge in [0, 0.05) is 12.7 Å². The van der Waals surface area contributed by atoms with Crippen LogP contribution in [0, 0.1) is 18.3 Å². The summed E-state index contributed by atoms with van der Waals surface area (Å²) in [4.78, 5) is 11.0. The van der Waals surface area contributed by atoms with E-state index in [1.54, 1.807) is 12.5 Å². The minimum absolute atomic E-state index is 0.448. The van der Waals surface area contributed by atoms with Gasteiger partial charge in [0.25, 0.3) is 0 Å². The summed E-state index contributed by atoms with van der Waals surface area (Å²) < 4.78 is 5.33. The molecule has 3 aromatic rings. The Balaban J connectivity index is 1.71. The molecule has 0 spiro atoms. The highest BCUT2D eigenvalue weighted by Gasteiger charge is 2.27. The molecule has 1 aliphatic rings. The third-order valence-electron chi connectivity index (χ3n) is 4.59. The molecule has 0 bridgehead atoms. The van der Waals surface area contributed by atoms with Crippen molar-refractivity contribution in [1.29, 1.82) is 5.26 Å². The van der Waals surface area contributed by atoms with Crippen LogP contribution in [0.5, 0.6) is 0 Å². The maximum atomic E-state index is 9.96. The zero-order chi connectivity index (χ0) is 19.5. The van der Waals surface area contributed by atoms with Crippen LogP contribution in [-0.2, 0) is 6.54 Å². The van der Waals surface area contributed by atoms with Crippen LogP contribution >= 0.6 is 0 Å². The monoisotopic (exact) mass is 372 g/mol. The molecular weight excluding hydrogens is 352 g/mol. The molecule has 28 heavy (non-hydrogen) atoms. The Hall–Kier alpha value is -3.79. The Kier molecular flexibility index (Phi) is 4.68. The zero-order valence-electron chi connectivity index (χ0n) is 15.7. The zero-order valence-corrected chi connectivity index (χ0v) is 15.7. The fraction of sp³-hybridized carbons (Fsp3) is 0.190. The number of nitrogens with one attached hydrogen (secondary N) is 2. The van der Waals surface area contributed by atoms with Gasteiger partial charge in [-0.25, -0.2) is 9.97 Å². The van der Waals surface area contributed by atoms with Crippen molar-refractivity contribution in [3.8, 4) is 6.07 Å². The third-order valence-corrected chi connectivity index (χ3v) is 4.59. The van der Waals surface area contributed by atoms with Gasteiger partial charge >= 0.3 is 0 Å². The van der Waals surface area contributed by atoms with Crippen molar-refractivity contribution >= 4 is 22.9 Å². The maximum absolute atomic E-state index is 9.96. The quantitative estimate of drug-likeness (QED) is 0.651. The van der Waals surface area contributed by atoms with Crippen molar-refractivity contribution in [3.63, 3.8) is 0 Å². The first-order valence-corrected chi connectivity index (χ1v) is 9.09. The van der Waals surface area contributed by atoms with Crippen LogP contribution in [0.2, 0.25) is 0 Å². The number of benzene rings is 1. The van der Waals surface area contributed by atoms with Crippen LogP contribution in [0.25, 0.3) is 5.57 Å². The van der Waals surface area contributed by atoms with E-state index in [-0.39, 0.29) is 0 Å². The molecule has 7 nitrogen and oxygen atoms in total. The molecule has 0 saturated heterocycles. The summed E-state index contributed by atoms with van der Waals surface area (Å²) in [6.45, 7) is 5.17. The van der Waals surface area contributed by atoms with Gasteiger partial charge in [-0.1, -0.05) is 12.1 Å². The minimum atomic E-state index is 0.448. The molecule has 4 rings (SSSR count). The lowest BCUT2D eigenvalue weighted by Gasteiger charge is -2.19. The van der Waals surface area contributed by atoms with Gasteiger partial charge in [-0.3, -0.25) is 0 Å². The molecule has 0 amide bonds. The topological polar surface area (TPSA) is 90.0 Å². The summed E-state index contributed by atoms with van der Waals surface area (Å²) in [5, 5.41) is 16.5. The minimum Gasteiger partial charge on any atom is -0.467 e. The molecule has 0 atom stereocenters. The van der Waals surface area contributed by atoms with Crippen LogP contribution in [0.1, 0.15) is 23.9 Å². The van der Waals surface area contributed by atoms with Crippen molar-refractivity contribution < 1.29 is 4.42 Å². The van der Waals surface area contributed by atoms with Gasteiger partial charge in [0.1, 0.15) is 23.2 Å². The third kappa shape index (κ3) is 3.16. The van der Waals surface area contributed by atoms with Gasteiger partial charge in [-0.15, -0.1) is 0 Å². The van der Waals surface area contributed by atoms with Crippen LogP contribution in [-0.4, -0.2) is 16.5 Å². The van der Waals surface area contributed by atoms with E-state index < -0.39 is 0 Å². The lowest BCUT2D eigenvalue weighted by molar-refractivity contribution is 0.517. The normalized spacial score (nSPS) is 14.2. The number of rotatable bonds is 5. The predicted molar refractivity (Wildman–Crippen MR) is 108 cm³/mol. The number of aromatic nitrogens is 2. The summed E-state index contributed by atoms with van der Waals surface area (Å²) in [5.74, 6) is 1.98. The van der Waals surface area contributed by atoms with Gasteiger partial charge in [0.05, 0.1) is 29.9 Å². The molecule has 1 aliphatic heterocycles. The average Bonchev–Trinajstić information content (AvgIpc) is 3.36. The number of nitriles is 1. The Bertz CT molecular complexity index is 1060. The van der Waals surface area contributed by atoms with E-state index in [1.807, 2.05) is 43.3 Å². The first kappa shape index (κ1) is 17.6. The highest BCUT2D eigenvalue weighted by molar-refractivity contribution is 5.91. The average molecular weight is 372 g/mol. The maximum Gasteiger partial charge on any atom is 0.223 e. The second-order valence-corrected chi connectivity index (χ2v) is 6.38. The molecule has 0 saturated carbocycles. The fourth-order valence-corrected chi connectivity index (χ4v) is 3.23. The van der Waals surface area contributed by atoms with Gasteiger partial charge in [0.15, 0.2) is 0 Å². The second-order valence-electron chi connectivity index (χ2n) is 6.38. The molecule has 0 unspecified atom stereocenters. The van der Waals surface area contributed by atoms with Gasteiger partial charge in [-0.2, -0.15) is 5.26 Å². The van der Waals surface area contributed by atoms with E-state index >= 15 is 0 Å². The van der Waals surface area contributed by atoms with Crippen LogP contribution < -0.4 is 15.5 Å². The molecular formula is C21H20N6O. The molecule has 0 fully saturated rings. The predicted octanol–water partition coefficient (Wildman–Crippen LogP) is 4.13. The van der Waals surface area contributed by atoms with E-state index in [9.17, 15) is 5.26 Å². The Morgan fingerprint density at radius 1 is 1.29 bits per heavy atom. The van der Waals surface area contributed by atoms with Crippen LogP contribution in [0.4, 0.5) is 17.3 Å². The lowest BCUT2D eigenvalue weighted by Crippen LogP contribution is -2.22.